The molecule has 1 amide bonds. The first-order valence-corrected chi connectivity index (χ1v) is 8.42. The predicted octanol–water partition coefficient (Wildman–Crippen LogP) is 2.63. The molecule has 1 aromatic rings. The first-order chi connectivity index (χ1) is 9.65. The molecule has 2 aliphatic rings. The van der Waals surface area contributed by atoms with Gasteiger partial charge in [-0.05, 0) is 36.8 Å². The zero-order valence-corrected chi connectivity index (χ0v) is 12.9. The molecule has 20 heavy (non-hydrogen) atoms. The van der Waals surface area contributed by atoms with Crippen LogP contribution in [-0.4, -0.2) is 35.7 Å². The maximum Gasteiger partial charge on any atom is 0.232 e. The zero-order valence-electron chi connectivity index (χ0n) is 11.3. The van der Waals surface area contributed by atoms with E-state index in [0.717, 1.165) is 24.4 Å². The Morgan fingerprint density at radius 3 is 2.90 bits per heavy atom. The summed E-state index contributed by atoms with van der Waals surface area (Å²) in [5.74, 6) is 1.80. The number of nitrogens with zero attached hydrogens (tertiary/aromatic N) is 1. The Hall–Kier alpha value is -0.710. The second kappa shape index (κ2) is 5.96. The smallest absolute Gasteiger partial charge is 0.232 e. The number of carbonyl (C=O) groups excluding carboxylic acids is 1. The van der Waals surface area contributed by atoms with Crippen molar-refractivity contribution in [2.24, 2.45) is 17.6 Å². The van der Waals surface area contributed by atoms with Gasteiger partial charge in [0.25, 0.3) is 0 Å². The van der Waals surface area contributed by atoms with Gasteiger partial charge < -0.3 is 10.6 Å². The van der Waals surface area contributed by atoms with Crippen LogP contribution in [0.4, 0.5) is 0 Å². The van der Waals surface area contributed by atoms with Crippen LogP contribution in [0.2, 0.25) is 5.02 Å². The predicted molar refractivity (Wildman–Crippen MR) is 82.9 cm³/mol. The van der Waals surface area contributed by atoms with Crippen LogP contribution in [0.5, 0.6) is 0 Å². The van der Waals surface area contributed by atoms with Crippen LogP contribution in [0.25, 0.3) is 0 Å². The molecule has 1 heterocycles. The van der Waals surface area contributed by atoms with E-state index < -0.39 is 0 Å². The number of hydrogen-bond acceptors (Lipinski definition) is 3. The maximum absolute atomic E-state index is 12.3. The number of fused-ring (bicyclic) bond motifs is 1. The number of likely N-dealkylation sites (tertiary alicyclic amines) is 1. The molecule has 3 rings (SSSR count). The third kappa shape index (κ3) is 2.83. The highest BCUT2D eigenvalue weighted by Crippen LogP contribution is 2.37. The zero-order chi connectivity index (χ0) is 14.1. The Balaban J connectivity index is 1.55. The van der Waals surface area contributed by atoms with Crippen LogP contribution in [-0.2, 0) is 4.79 Å². The molecule has 1 aromatic carbocycles. The summed E-state index contributed by atoms with van der Waals surface area (Å²) in [6.45, 7) is 1.73. The number of rotatable bonds is 3. The van der Waals surface area contributed by atoms with Crippen molar-refractivity contribution >= 4 is 29.3 Å². The Labute approximate surface area is 128 Å². The maximum atomic E-state index is 12.3. The first-order valence-electron chi connectivity index (χ1n) is 7.06. The number of amides is 1. The lowest BCUT2D eigenvalue weighted by Gasteiger charge is -2.18. The topological polar surface area (TPSA) is 46.3 Å². The minimum Gasteiger partial charge on any atom is -0.341 e. The Kier molecular flexibility index (Phi) is 4.24. The van der Waals surface area contributed by atoms with Crippen LogP contribution < -0.4 is 5.73 Å². The molecule has 0 aromatic heterocycles. The van der Waals surface area contributed by atoms with Gasteiger partial charge in [-0.2, -0.15) is 0 Å². The average molecular weight is 311 g/mol. The van der Waals surface area contributed by atoms with Crippen LogP contribution >= 0.6 is 23.4 Å². The minimum absolute atomic E-state index is 0.205. The summed E-state index contributed by atoms with van der Waals surface area (Å²) in [4.78, 5) is 15.2. The molecule has 0 spiro atoms. The molecule has 3 nitrogen and oxygen atoms in total. The van der Waals surface area contributed by atoms with E-state index in [1.54, 1.807) is 0 Å². The molecule has 108 valence electrons. The second-order valence-electron chi connectivity index (χ2n) is 5.68. The lowest BCUT2D eigenvalue weighted by molar-refractivity contribution is -0.127. The number of benzene rings is 1. The Morgan fingerprint density at radius 2 is 2.15 bits per heavy atom. The monoisotopic (exact) mass is 310 g/mol. The third-order valence-electron chi connectivity index (χ3n) is 4.45. The van der Waals surface area contributed by atoms with Crippen molar-refractivity contribution in [1.82, 2.24) is 4.90 Å². The van der Waals surface area contributed by atoms with Crippen molar-refractivity contribution in [2.45, 2.75) is 23.8 Å². The number of nitrogens with two attached hydrogens (primary N) is 1. The Morgan fingerprint density at radius 1 is 1.35 bits per heavy atom. The van der Waals surface area contributed by atoms with Crippen LogP contribution in [0, 0.1) is 11.8 Å². The van der Waals surface area contributed by atoms with Crippen molar-refractivity contribution in [2.75, 3.05) is 18.8 Å². The van der Waals surface area contributed by atoms with Crippen LogP contribution in [0.15, 0.2) is 29.2 Å². The fraction of sp³-hybridized carbons (Fsp3) is 0.533. The molecule has 2 N–H and O–H groups in total. The highest BCUT2D eigenvalue weighted by Gasteiger charge is 2.42. The highest BCUT2D eigenvalue weighted by atomic mass is 35.5. The quantitative estimate of drug-likeness (QED) is 0.873. The van der Waals surface area contributed by atoms with E-state index in [4.69, 9.17) is 17.3 Å². The van der Waals surface area contributed by atoms with Crippen molar-refractivity contribution in [3.8, 4) is 0 Å². The van der Waals surface area contributed by atoms with Crippen molar-refractivity contribution < 1.29 is 4.79 Å². The van der Waals surface area contributed by atoms with Crippen molar-refractivity contribution in [3.05, 3.63) is 29.3 Å². The summed E-state index contributed by atoms with van der Waals surface area (Å²) in [6, 6.07) is 7.94. The van der Waals surface area contributed by atoms with Gasteiger partial charge in [-0.25, -0.2) is 0 Å². The Bertz CT molecular complexity index is 510. The van der Waals surface area contributed by atoms with Gasteiger partial charge in [0.1, 0.15) is 0 Å². The highest BCUT2D eigenvalue weighted by molar-refractivity contribution is 8.00. The fourth-order valence-corrected chi connectivity index (χ4v) is 4.45. The SMILES string of the molecule is NC1CCC2CN(C(=O)CSc3ccccc3Cl)CC12. The molecule has 3 atom stereocenters. The van der Waals surface area contributed by atoms with Crippen LogP contribution in [0.3, 0.4) is 0 Å². The first kappa shape index (κ1) is 14.2. The van der Waals surface area contributed by atoms with E-state index in [9.17, 15) is 4.79 Å². The van der Waals surface area contributed by atoms with Gasteiger partial charge in [0.15, 0.2) is 0 Å². The average Bonchev–Trinajstić information content (AvgIpc) is 3.00. The molecule has 1 aliphatic carbocycles. The lowest BCUT2D eigenvalue weighted by atomic mass is 9.98. The summed E-state index contributed by atoms with van der Waals surface area (Å²) in [7, 11) is 0. The van der Waals surface area contributed by atoms with Gasteiger partial charge in [0.2, 0.25) is 5.91 Å². The van der Waals surface area contributed by atoms with Crippen molar-refractivity contribution in [1.29, 1.82) is 0 Å². The summed E-state index contributed by atoms with van der Waals surface area (Å²) in [5.41, 5.74) is 6.11. The van der Waals surface area contributed by atoms with Crippen LogP contribution in [0.1, 0.15) is 12.8 Å². The molecular formula is C15H19ClN2OS. The molecule has 1 aliphatic heterocycles. The minimum atomic E-state index is 0.205. The van der Waals surface area contributed by atoms with Gasteiger partial charge in [-0.15, -0.1) is 11.8 Å². The number of halogens is 1. The van der Waals surface area contributed by atoms with E-state index in [2.05, 4.69) is 0 Å². The van der Waals surface area contributed by atoms with E-state index in [0.29, 0.717) is 22.6 Å². The van der Waals surface area contributed by atoms with Gasteiger partial charge >= 0.3 is 0 Å². The molecule has 2 fully saturated rings. The van der Waals surface area contributed by atoms with Gasteiger partial charge in [0, 0.05) is 24.0 Å². The van der Waals surface area contributed by atoms with Gasteiger partial charge in [-0.1, -0.05) is 23.7 Å². The molecule has 0 radical (unpaired) electrons. The standard InChI is InChI=1S/C15H19ClN2OS/c16-12-3-1-2-4-14(12)20-9-15(19)18-7-10-5-6-13(17)11(10)8-18/h1-4,10-11,13H,5-9,17H2. The summed E-state index contributed by atoms with van der Waals surface area (Å²) in [6.07, 6.45) is 2.29. The number of thioether (sulfide) groups is 1. The van der Waals surface area contributed by atoms with Gasteiger partial charge in [-0.3, -0.25) is 4.79 Å². The molecular weight excluding hydrogens is 292 g/mol. The summed E-state index contributed by atoms with van der Waals surface area (Å²) in [5, 5.41) is 0.714. The van der Waals surface area contributed by atoms with E-state index >= 15 is 0 Å². The van der Waals surface area contributed by atoms with E-state index in [1.807, 2.05) is 29.2 Å². The molecule has 5 heteroatoms. The fourth-order valence-electron chi connectivity index (χ4n) is 3.30. The number of hydrogen-bond donors (Lipinski definition) is 1. The van der Waals surface area contributed by atoms with Crippen molar-refractivity contribution in [3.63, 3.8) is 0 Å². The third-order valence-corrected chi connectivity index (χ3v) is 5.95. The number of carbonyl (C=O) groups is 1. The lowest BCUT2D eigenvalue weighted by Crippen LogP contribution is -2.34. The molecule has 0 bridgehead atoms. The second-order valence-corrected chi connectivity index (χ2v) is 7.11. The molecule has 1 saturated heterocycles. The molecule has 1 saturated carbocycles. The van der Waals surface area contributed by atoms with E-state index in [1.165, 1.54) is 18.2 Å². The molecule has 3 unspecified atom stereocenters. The van der Waals surface area contributed by atoms with E-state index in [-0.39, 0.29) is 11.9 Å². The largest absolute Gasteiger partial charge is 0.341 e. The summed E-state index contributed by atoms with van der Waals surface area (Å²) >= 11 is 7.62. The summed E-state index contributed by atoms with van der Waals surface area (Å²) < 4.78 is 0. The van der Waals surface area contributed by atoms with Gasteiger partial charge in [0.05, 0.1) is 10.8 Å². The normalized spacial score (nSPS) is 28.7.